The first-order valence-electron chi connectivity index (χ1n) is 7.18. The maximum absolute atomic E-state index is 12.3. The summed E-state index contributed by atoms with van der Waals surface area (Å²) >= 11 is 4.33. The lowest BCUT2D eigenvalue weighted by atomic mass is 10.1. The van der Waals surface area contributed by atoms with Gasteiger partial charge in [0.1, 0.15) is 24.0 Å². The third kappa shape index (κ3) is 2.04. The molecule has 4 unspecified atom stereocenters. The Balaban J connectivity index is 1.66. The molecule has 1 aromatic rings. The maximum atomic E-state index is 12.3. The van der Waals surface area contributed by atoms with Crippen molar-refractivity contribution in [2.24, 2.45) is 4.99 Å². The average molecular weight is 393 g/mol. The van der Waals surface area contributed by atoms with Crippen LogP contribution in [-0.4, -0.2) is 61.0 Å². The number of guanidine groups is 1. The first-order chi connectivity index (χ1) is 11.9. The number of hydrogen-bond acceptors (Lipinski definition) is 13. The zero-order valence-electron chi connectivity index (χ0n) is 12.2. The number of aromatic nitrogens is 2. The third-order valence-electron chi connectivity index (χ3n) is 4.16. The van der Waals surface area contributed by atoms with E-state index in [2.05, 4.69) is 22.8 Å². The van der Waals surface area contributed by atoms with Crippen molar-refractivity contribution in [2.45, 2.75) is 31.1 Å². The SMILES string of the molecule is O=P12Oc3nc4c(n3C3OC(CO)C(O)C3O)N(S)C(=NC4)N(O1)O2. The van der Waals surface area contributed by atoms with Gasteiger partial charge in [-0.05, 0) is 0 Å². The molecule has 15 heteroatoms. The maximum Gasteiger partial charge on any atom is 0.580 e. The number of phosphoric acid groups is 1. The van der Waals surface area contributed by atoms with Gasteiger partial charge in [-0.15, -0.1) is 9.25 Å². The molecule has 13 nitrogen and oxygen atoms in total. The molecular weight excluding hydrogens is 381 g/mol. The zero-order valence-corrected chi connectivity index (χ0v) is 14.0. The van der Waals surface area contributed by atoms with Crippen molar-refractivity contribution >= 4 is 32.4 Å². The molecule has 0 aliphatic carbocycles. The van der Waals surface area contributed by atoms with Crippen molar-refractivity contribution in [3.63, 3.8) is 0 Å². The van der Waals surface area contributed by atoms with Crippen LogP contribution in [0.1, 0.15) is 11.9 Å². The Kier molecular flexibility index (Phi) is 3.22. The van der Waals surface area contributed by atoms with Gasteiger partial charge in [0.2, 0.25) is 0 Å². The van der Waals surface area contributed by atoms with E-state index in [0.29, 0.717) is 11.5 Å². The summed E-state index contributed by atoms with van der Waals surface area (Å²) in [5, 5.41) is 30.4. The molecule has 1 aromatic heterocycles. The summed E-state index contributed by atoms with van der Waals surface area (Å²) in [4.78, 5) is 8.36. The highest BCUT2D eigenvalue weighted by Gasteiger charge is 2.55. The fraction of sp³-hybridized carbons (Fsp3) is 0.600. The minimum absolute atomic E-state index is 0.0762. The van der Waals surface area contributed by atoms with Crippen LogP contribution in [0.5, 0.6) is 6.01 Å². The molecule has 4 atom stereocenters. The lowest BCUT2D eigenvalue weighted by Gasteiger charge is -2.36. The number of rotatable bonds is 2. The second-order valence-corrected chi connectivity index (χ2v) is 7.45. The standard InChI is InChI=1S/C10H12N5O8PS/c16-2-4-5(17)6(18)8(20-4)13-7-3-1-11-9(14(7)25)15-22-24(19,23-15)21-10(13)12-3/h4-6,8,16-18,25H,1-2H2. The van der Waals surface area contributed by atoms with Gasteiger partial charge < -0.3 is 24.6 Å². The third-order valence-corrected chi connectivity index (χ3v) is 5.61. The molecule has 5 aliphatic rings. The highest BCUT2D eigenvalue weighted by Crippen LogP contribution is 2.61. The Morgan fingerprint density at radius 1 is 1.32 bits per heavy atom. The molecule has 5 bridgehead atoms. The summed E-state index contributed by atoms with van der Waals surface area (Å²) in [6.45, 7) is -0.384. The zero-order chi connectivity index (χ0) is 17.5. The van der Waals surface area contributed by atoms with E-state index in [1.54, 1.807) is 0 Å². The van der Waals surface area contributed by atoms with Gasteiger partial charge in [0.15, 0.2) is 12.0 Å². The number of imidazole rings is 1. The summed E-state index contributed by atoms with van der Waals surface area (Å²) < 4.78 is 35.6. The van der Waals surface area contributed by atoms with E-state index >= 15 is 0 Å². The molecule has 2 saturated heterocycles. The van der Waals surface area contributed by atoms with Gasteiger partial charge in [-0.3, -0.25) is 0 Å². The summed E-state index contributed by atoms with van der Waals surface area (Å²) in [7, 11) is -3.94. The molecule has 5 aliphatic heterocycles. The molecule has 0 aromatic carbocycles. The van der Waals surface area contributed by atoms with Gasteiger partial charge >= 0.3 is 13.8 Å². The van der Waals surface area contributed by atoms with Gasteiger partial charge in [0.05, 0.1) is 13.2 Å². The Morgan fingerprint density at radius 2 is 2.08 bits per heavy atom. The van der Waals surface area contributed by atoms with Crippen molar-refractivity contribution < 1.29 is 38.4 Å². The largest absolute Gasteiger partial charge is 0.580 e. The molecule has 3 N–H and O–H groups in total. The molecule has 0 amide bonds. The molecule has 2 fully saturated rings. The second kappa shape index (κ2) is 5.08. The quantitative estimate of drug-likeness (QED) is 0.350. The van der Waals surface area contributed by atoms with Crippen molar-refractivity contribution in [3.8, 4) is 6.01 Å². The number of aliphatic imine (C=N–C) groups is 1. The number of hydrogen-bond donors (Lipinski definition) is 4. The van der Waals surface area contributed by atoms with E-state index < -0.39 is 39.0 Å². The van der Waals surface area contributed by atoms with Crippen LogP contribution in [0.2, 0.25) is 0 Å². The monoisotopic (exact) mass is 393 g/mol. The Bertz CT molecular complexity index is 822. The van der Waals surface area contributed by atoms with Crippen LogP contribution < -0.4 is 8.83 Å². The molecular formula is C10H12N5O8PS. The van der Waals surface area contributed by atoms with E-state index in [1.165, 1.54) is 8.87 Å². The number of anilines is 1. The number of nitrogens with zero attached hydrogens (tertiary/aromatic N) is 5. The van der Waals surface area contributed by atoms with Crippen LogP contribution in [0.15, 0.2) is 4.99 Å². The molecule has 136 valence electrons. The first kappa shape index (κ1) is 15.8. The van der Waals surface area contributed by atoms with Crippen LogP contribution in [0.3, 0.4) is 0 Å². The average Bonchev–Trinajstić information content (AvgIpc) is 3.05. The van der Waals surface area contributed by atoms with E-state index in [-0.39, 0.29) is 18.5 Å². The van der Waals surface area contributed by atoms with Gasteiger partial charge in [-0.2, -0.15) is 4.98 Å². The fourth-order valence-electron chi connectivity index (χ4n) is 3.00. The molecule has 0 spiro atoms. The van der Waals surface area contributed by atoms with Crippen LogP contribution >= 0.6 is 20.6 Å². The fourth-order valence-corrected chi connectivity index (χ4v) is 4.27. The Morgan fingerprint density at radius 3 is 2.76 bits per heavy atom. The van der Waals surface area contributed by atoms with Gasteiger partial charge in [-0.25, -0.2) is 18.4 Å². The van der Waals surface area contributed by atoms with Crippen molar-refractivity contribution in [1.29, 1.82) is 0 Å². The topological polar surface area (TPSA) is 151 Å². The van der Waals surface area contributed by atoms with Gasteiger partial charge in [0.25, 0.3) is 5.96 Å². The minimum atomic E-state index is -3.94. The first-order valence-corrected chi connectivity index (χ1v) is 9.04. The van der Waals surface area contributed by atoms with Crippen molar-refractivity contribution in [1.82, 2.24) is 14.8 Å². The number of aliphatic hydroxyl groups excluding tert-OH is 3. The van der Waals surface area contributed by atoms with E-state index in [9.17, 15) is 19.9 Å². The Labute approximate surface area is 145 Å². The van der Waals surface area contributed by atoms with E-state index in [4.69, 9.17) is 18.5 Å². The van der Waals surface area contributed by atoms with Gasteiger partial charge in [-0.1, -0.05) is 18.0 Å². The van der Waals surface area contributed by atoms with Crippen molar-refractivity contribution in [3.05, 3.63) is 5.69 Å². The highest BCUT2D eigenvalue weighted by molar-refractivity contribution is 7.82. The lowest BCUT2D eigenvalue weighted by Crippen LogP contribution is -2.47. The number of aliphatic hydroxyl groups is 3. The van der Waals surface area contributed by atoms with Gasteiger partial charge in [0, 0.05) is 0 Å². The molecule has 6 rings (SSSR count). The van der Waals surface area contributed by atoms with Crippen LogP contribution in [-0.2, 0) is 25.1 Å². The molecule has 0 radical (unpaired) electrons. The minimum Gasteiger partial charge on any atom is -0.394 e. The van der Waals surface area contributed by atoms with Crippen molar-refractivity contribution in [2.75, 3.05) is 10.9 Å². The molecule has 25 heavy (non-hydrogen) atoms. The summed E-state index contributed by atoms with van der Waals surface area (Å²) in [5.41, 5.74) is 0.418. The normalized spacial score (nSPS) is 34.8. The number of hydroxylamine groups is 2. The summed E-state index contributed by atoms with van der Waals surface area (Å²) in [6.07, 6.45) is -4.93. The highest BCUT2D eigenvalue weighted by atomic mass is 32.1. The summed E-state index contributed by atoms with van der Waals surface area (Å²) in [6, 6.07) is -0.222. The second-order valence-electron chi connectivity index (χ2n) is 5.65. The molecule has 0 saturated carbocycles. The number of thiol groups is 1. The Hall–Kier alpha value is -1.38. The van der Waals surface area contributed by atoms with E-state index in [1.807, 2.05) is 0 Å². The predicted octanol–water partition coefficient (Wildman–Crippen LogP) is -1.31. The molecule has 6 heterocycles. The lowest BCUT2D eigenvalue weighted by molar-refractivity contribution is -0.294. The van der Waals surface area contributed by atoms with Crippen LogP contribution in [0.4, 0.5) is 5.82 Å². The van der Waals surface area contributed by atoms with E-state index in [0.717, 1.165) is 5.23 Å². The smallest absolute Gasteiger partial charge is 0.394 e. The van der Waals surface area contributed by atoms with Crippen LogP contribution in [0, 0.1) is 0 Å². The predicted molar refractivity (Wildman–Crippen MR) is 80.1 cm³/mol. The summed E-state index contributed by atoms with van der Waals surface area (Å²) in [5.74, 6) is 0.387. The van der Waals surface area contributed by atoms with Crippen LogP contribution in [0.25, 0.3) is 0 Å². The number of ether oxygens (including phenoxy) is 1.